The fourth-order valence-corrected chi connectivity index (χ4v) is 6.23. The minimum atomic E-state index is 0.595. The molecule has 1 nitrogen and oxygen atoms in total. The van der Waals surface area contributed by atoms with Crippen LogP contribution in [0.15, 0.2) is 0 Å². The molecule has 3 rings (SSSR count). The smallest absolute Gasteiger partial charge is 0.0578 e. The zero-order valence-corrected chi connectivity index (χ0v) is 15.8. The Bertz CT molecular complexity index is 339. The summed E-state index contributed by atoms with van der Waals surface area (Å²) >= 11 is 0. The summed E-state index contributed by atoms with van der Waals surface area (Å²) in [5.41, 5.74) is 0. The first-order valence-electron chi connectivity index (χ1n) is 10.9. The lowest BCUT2D eigenvalue weighted by Crippen LogP contribution is -2.42. The van der Waals surface area contributed by atoms with Crippen LogP contribution in [0.2, 0.25) is 0 Å². The van der Waals surface area contributed by atoms with Crippen LogP contribution in [0.1, 0.15) is 97.3 Å². The maximum atomic E-state index is 6.09. The fourth-order valence-electron chi connectivity index (χ4n) is 6.23. The second-order valence-corrected chi connectivity index (χ2v) is 8.91. The summed E-state index contributed by atoms with van der Waals surface area (Å²) in [5.74, 6) is 5.31. The van der Waals surface area contributed by atoms with Crippen LogP contribution in [-0.4, -0.2) is 12.7 Å². The monoisotopic (exact) mass is 320 g/mol. The van der Waals surface area contributed by atoms with Gasteiger partial charge in [-0.1, -0.05) is 46.0 Å². The van der Waals surface area contributed by atoms with E-state index in [9.17, 15) is 0 Å². The van der Waals surface area contributed by atoms with E-state index in [1.54, 1.807) is 19.3 Å². The number of unbranched alkanes of at least 4 members (excludes halogenated alkanes) is 2. The van der Waals surface area contributed by atoms with Crippen molar-refractivity contribution in [3.8, 4) is 0 Å². The van der Waals surface area contributed by atoms with Gasteiger partial charge in [0.15, 0.2) is 0 Å². The van der Waals surface area contributed by atoms with Crippen molar-refractivity contribution in [3.05, 3.63) is 0 Å². The molecule has 0 N–H and O–H groups in total. The molecule has 3 saturated carbocycles. The SMILES string of the molecule is CCCCC[C@H]1CCC2C(CCC3C[C@@H](OCCC)CCC32)C1. The van der Waals surface area contributed by atoms with Crippen LogP contribution in [0, 0.1) is 29.6 Å². The summed E-state index contributed by atoms with van der Waals surface area (Å²) in [4.78, 5) is 0. The van der Waals surface area contributed by atoms with Crippen molar-refractivity contribution in [3.63, 3.8) is 0 Å². The van der Waals surface area contributed by atoms with E-state index < -0.39 is 0 Å². The van der Waals surface area contributed by atoms with Crippen molar-refractivity contribution < 1.29 is 4.74 Å². The predicted octanol–water partition coefficient (Wildman–Crippen LogP) is 6.60. The van der Waals surface area contributed by atoms with E-state index in [0.29, 0.717) is 6.10 Å². The molecular formula is C22H40O. The van der Waals surface area contributed by atoms with Gasteiger partial charge in [-0.25, -0.2) is 0 Å². The van der Waals surface area contributed by atoms with Gasteiger partial charge in [0.2, 0.25) is 0 Å². The van der Waals surface area contributed by atoms with Gasteiger partial charge in [0.1, 0.15) is 0 Å². The third-order valence-electron chi connectivity index (χ3n) is 7.37. The van der Waals surface area contributed by atoms with Gasteiger partial charge in [0.05, 0.1) is 6.10 Å². The van der Waals surface area contributed by atoms with E-state index in [4.69, 9.17) is 4.74 Å². The topological polar surface area (TPSA) is 9.23 Å². The molecule has 6 atom stereocenters. The zero-order chi connectivity index (χ0) is 16.1. The van der Waals surface area contributed by atoms with Crippen LogP contribution in [0.3, 0.4) is 0 Å². The molecule has 0 heterocycles. The molecular weight excluding hydrogens is 280 g/mol. The second kappa shape index (κ2) is 8.88. The molecule has 0 aromatic heterocycles. The molecule has 0 amide bonds. The van der Waals surface area contributed by atoms with Crippen LogP contribution >= 0.6 is 0 Å². The van der Waals surface area contributed by atoms with Gasteiger partial charge in [0.25, 0.3) is 0 Å². The molecule has 134 valence electrons. The molecule has 0 aromatic carbocycles. The molecule has 0 radical (unpaired) electrons. The van der Waals surface area contributed by atoms with Crippen molar-refractivity contribution in [2.45, 2.75) is 103 Å². The highest BCUT2D eigenvalue weighted by Gasteiger charge is 2.44. The maximum absolute atomic E-state index is 6.09. The van der Waals surface area contributed by atoms with Gasteiger partial charge in [-0.2, -0.15) is 0 Å². The average molecular weight is 321 g/mol. The molecule has 0 spiro atoms. The van der Waals surface area contributed by atoms with Crippen molar-refractivity contribution in [1.82, 2.24) is 0 Å². The summed E-state index contributed by atoms with van der Waals surface area (Å²) in [6, 6.07) is 0. The normalized spacial score (nSPS) is 40.4. The number of rotatable bonds is 7. The van der Waals surface area contributed by atoms with Gasteiger partial charge < -0.3 is 4.74 Å². The Morgan fingerprint density at radius 2 is 1.48 bits per heavy atom. The van der Waals surface area contributed by atoms with Crippen molar-refractivity contribution in [2.24, 2.45) is 29.6 Å². The highest BCUT2D eigenvalue weighted by Crippen LogP contribution is 2.53. The van der Waals surface area contributed by atoms with Crippen molar-refractivity contribution in [2.75, 3.05) is 6.61 Å². The molecule has 0 aliphatic heterocycles. The van der Waals surface area contributed by atoms with E-state index in [-0.39, 0.29) is 0 Å². The lowest BCUT2D eigenvalue weighted by Gasteiger charge is -2.50. The zero-order valence-electron chi connectivity index (χ0n) is 15.8. The third-order valence-corrected chi connectivity index (χ3v) is 7.37. The number of ether oxygens (including phenoxy) is 1. The van der Waals surface area contributed by atoms with Gasteiger partial charge in [0, 0.05) is 6.61 Å². The first kappa shape index (κ1) is 17.8. The Labute approximate surface area is 144 Å². The van der Waals surface area contributed by atoms with Crippen LogP contribution in [0.25, 0.3) is 0 Å². The molecule has 3 aliphatic carbocycles. The van der Waals surface area contributed by atoms with Crippen molar-refractivity contribution in [1.29, 1.82) is 0 Å². The minimum Gasteiger partial charge on any atom is -0.378 e. The summed E-state index contributed by atoms with van der Waals surface area (Å²) in [6.07, 6.45) is 19.6. The van der Waals surface area contributed by atoms with Crippen LogP contribution in [0.4, 0.5) is 0 Å². The molecule has 23 heavy (non-hydrogen) atoms. The van der Waals surface area contributed by atoms with Crippen LogP contribution < -0.4 is 0 Å². The second-order valence-electron chi connectivity index (χ2n) is 8.91. The summed E-state index contributed by atoms with van der Waals surface area (Å²) in [7, 11) is 0. The molecule has 3 fully saturated rings. The van der Waals surface area contributed by atoms with E-state index in [2.05, 4.69) is 13.8 Å². The minimum absolute atomic E-state index is 0.595. The predicted molar refractivity (Wildman–Crippen MR) is 98.6 cm³/mol. The molecule has 4 unspecified atom stereocenters. The van der Waals surface area contributed by atoms with Crippen LogP contribution in [0.5, 0.6) is 0 Å². The van der Waals surface area contributed by atoms with E-state index in [1.165, 1.54) is 64.2 Å². The quantitative estimate of drug-likeness (QED) is 0.480. The van der Waals surface area contributed by atoms with Gasteiger partial charge in [-0.05, 0) is 81.0 Å². The van der Waals surface area contributed by atoms with E-state index in [1.807, 2.05) is 0 Å². The van der Waals surface area contributed by atoms with Gasteiger partial charge >= 0.3 is 0 Å². The Morgan fingerprint density at radius 3 is 2.22 bits per heavy atom. The Hall–Kier alpha value is -0.0400. The Balaban J connectivity index is 1.47. The van der Waals surface area contributed by atoms with Gasteiger partial charge in [-0.15, -0.1) is 0 Å². The molecule has 0 bridgehead atoms. The van der Waals surface area contributed by atoms with Gasteiger partial charge in [-0.3, -0.25) is 0 Å². The Morgan fingerprint density at radius 1 is 0.739 bits per heavy atom. The molecule has 0 saturated heterocycles. The lowest BCUT2D eigenvalue weighted by atomic mass is 9.56. The van der Waals surface area contributed by atoms with E-state index in [0.717, 1.165) is 36.2 Å². The Kier molecular flexibility index (Phi) is 6.86. The van der Waals surface area contributed by atoms with E-state index >= 15 is 0 Å². The largest absolute Gasteiger partial charge is 0.378 e. The maximum Gasteiger partial charge on any atom is 0.0578 e. The summed E-state index contributed by atoms with van der Waals surface area (Å²) in [5, 5.41) is 0. The summed E-state index contributed by atoms with van der Waals surface area (Å²) in [6.45, 7) is 5.54. The van der Waals surface area contributed by atoms with Crippen LogP contribution in [-0.2, 0) is 4.74 Å². The molecule has 1 heteroatoms. The third kappa shape index (κ3) is 4.53. The highest BCUT2D eigenvalue weighted by atomic mass is 16.5. The highest BCUT2D eigenvalue weighted by molar-refractivity contribution is 4.94. The summed E-state index contributed by atoms with van der Waals surface area (Å²) < 4.78 is 6.09. The average Bonchev–Trinajstić information content (AvgIpc) is 2.59. The number of hydrogen-bond acceptors (Lipinski definition) is 1. The first-order valence-corrected chi connectivity index (χ1v) is 10.9. The molecule has 0 aromatic rings. The molecule has 3 aliphatic rings. The first-order chi connectivity index (χ1) is 11.3. The lowest BCUT2D eigenvalue weighted by molar-refractivity contribution is -0.0531. The number of hydrogen-bond donors (Lipinski definition) is 0. The standard InChI is InChI=1S/C22H40O/c1-3-5-6-7-17-8-12-21-18(15-17)9-10-19-16-20(23-14-4-2)11-13-22(19)21/h17-22H,3-16H2,1-2H3/t17-,18?,19?,20-,21?,22?/m0/s1. The number of fused-ring (bicyclic) bond motifs is 3. The van der Waals surface area contributed by atoms with Crippen molar-refractivity contribution >= 4 is 0 Å². The fraction of sp³-hybridized carbons (Fsp3) is 1.00.